The highest BCUT2D eigenvalue weighted by molar-refractivity contribution is 6.22. The molecule has 0 saturated carbocycles. The number of benzene rings is 10. The molecule has 10 aromatic carbocycles. The van der Waals surface area contributed by atoms with Crippen LogP contribution in [0, 0.1) is 0 Å². The molecule has 12 aromatic rings. The van der Waals surface area contributed by atoms with Crippen molar-refractivity contribution in [1.82, 2.24) is 4.57 Å². The minimum Gasteiger partial charge on any atom is -0.455 e. The predicted molar refractivity (Wildman–Crippen MR) is 257 cm³/mol. The molecule has 3 nitrogen and oxygen atoms in total. The second-order valence-corrected chi connectivity index (χ2v) is 15.7. The molecule has 0 spiro atoms. The van der Waals surface area contributed by atoms with Crippen LogP contribution in [0.5, 0.6) is 0 Å². The molecule has 2 aromatic heterocycles. The molecule has 0 aliphatic heterocycles. The molecule has 0 unspecified atom stereocenters. The molecule has 0 aliphatic carbocycles. The lowest BCUT2D eigenvalue weighted by molar-refractivity contribution is 0.670. The summed E-state index contributed by atoms with van der Waals surface area (Å²) < 4.78 is 9.40. The summed E-state index contributed by atoms with van der Waals surface area (Å²) in [5.74, 6) is 0. The fourth-order valence-corrected chi connectivity index (χ4v) is 9.36. The Labute approximate surface area is 353 Å². The van der Waals surface area contributed by atoms with Crippen LogP contribution in [0.3, 0.4) is 0 Å². The fourth-order valence-electron chi connectivity index (χ4n) is 9.36. The van der Waals surface area contributed by atoms with E-state index in [1.165, 1.54) is 38.2 Å². The largest absolute Gasteiger partial charge is 0.455 e. The number of hydrogen-bond donors (Lipinski definition) is 0. The summed E-state index contributed by atoms with van der Waals surface area (Å²) in [7, 11) is 0. The Bertz CT molecular complexity index is 3570. The van der Waals surface area contributed by atoms with Crippen LogP contribution in [0.2, 0.25) is 0 Å². The second-order valence-electron chi connectivity index (χ2n) is 15.7. The third-order valence-corrected chi connectivity index (χ3v) is 12.2. The highest BCUT2D eigenvalue weighted by Crippen LogP contribution is 2.48. The minimum atomic E-state index is 0.868. The van der Waals surface area contributed by atoms with Crippen LogP contribution >= 0.6 is 0 Å². The summed E-state index contributed by atoms with van der Waals surface area (Å²) in [4.78, 5) is 2.42. The Morgan fingerprint density at radius 3 is 1.79 bits per heavy atom. The second kappa shape index (κ2) is 14.3. The van der Waals surface area contributed by atoms with Gasteiger partial charge in [0.25, 0.3) is 0 Å². The van der Waals surface area contributed by atoms with Crippen molar-refractivity contribution in [3.63, 3.8) is 0 Å². The number of aromatic nitrogens is 1. The number of fused-ring (bicyclic) bond motifs is 8. The molecule has 0 bridgehead atoms. The molecule has 0 fully saturated rings. The monoisotopic (exact) mass is 778 g/mol. The van der Waals surface area contributed by atoms with Crippen molar-refractivity contribution in [3.05, 3.63) is 231 Å². The molecule has 0 amide bonds. The topological polar surface area (TPSA) is 21.3 Å². The first-order chi connectivity index (χ1) is 30.3. The Kier molecular flexibility index (Phi) is 8.17. The first-order valence-electron chi connectivity index (χ1n) is 20.8. The van der Waals surface area contributed by atoms with Gasteiger partial charge >= 0.3 is 0 Å². The van der Waals surface area contributed by atoms with E-state index in [2.05, 4.69) is 240 Å². The van der Waals surface area contributed by atoms with E-state index in [4.69, 9.17) is 4.42 Å². The van der Waals surface area contributed by atoms with Gasteiger partial charge in [0.15, 0.2) is 0 Å². The van der Waals surface area contributed by atoms with Crippen LogP contribution < -0.4 is 4.90 Å². The fraction of sp³-hybridized carbons (Fsp3) is 0. The van der Waals surface area contributed by atoms with Crippen molar-refractivity contribution in [1.29, 1.82) is 0 Å². The molecule has 0 N–H and O–H groups in total. The minimum absolute atomic E-state index is 0.868. The van der Waals surface area contributed by atoms with Crippen molar-refractivity contribution < 1.29 is 4.42 Å². The summed E-state index contributed by atoms with van der Waals surface area (Å²) in [6.45, 7) is 0. The highest BCUT2D eigenvalue weighted by Gasteiger charge is 2.23. The van der Waals surface area contributed by atoms with E-state index in [9.17, 15) is 0 Å². The van der Waals surface area contributed by atoms with Crippen LogP contribution in [-0.2, 0) is 0 Å². The summed E-state index contributed by atoms with van der Waals surface area (Å²) in [6.07, 6.45) is 0. The van der Waals surface area contributed by atoms with Crippen LogP contribution in [-0.4, -0.2) is 4.57 Å². The van der Waals surface area contributed by atoms with E-state index < -0.39 is 0 Å². The molecule has 3 heteroatoms. The van der Waals surface area contributed by atoms with Gasteiger partial charge < -0.3 is 13.9 Å². The van der Waals surface area contributed by atoms with E-state index in [0.29, 0.717) is 0 Å². The van der Waals surface area contributed by atoms with Gasteiger partial charge in [-0.25, -0.2) is 0 Å². The molecule has 0 atom stereocenters. The molecular weight excluding hydrogens is 741 g/mol. The van der Waals surface area contributed by atoms with Gasteiger partial charge in [-0.05, 0) is 93.7 Å². The van der Waals surface area contributed by atoms with E-state index >= 15 is 0 Å². The Morgan fingerprint density at radius 1 is 0.361 bits per heavy atom. The van der Waals surface area contributed by atoms with Crippen molar-refractivity contribution in [2.24, 2.45) is 0 Å². The maximum absolute atomic E-state index is 7.01. The maximum Gasteiger partial charge on any atom is 0.143 e. The van der Waals surface area contributed by atoms with E-state index in [0.717, 1.165) is 72.5 Å². The Balaban J connectivity index is 1.17. The summed E-state index contributed by atoms with van der Waals surface area (Å²) in [5, 5.41) is 6.98. The zero-order valence-corrected chi connectivity index (χ0v) is 33.2. The average Bonchev–Trinajstić information content (AvgIpc) is 3.88. The first kappa shape index (κ1) is 34.9. The molecule has 0 saturated heterocycles. The van der Waals surface area contributed by atoms with E-state index in [-0.39, 0.29) is 0 Å². The van der Waals surface area contributed by atoms with Gasteiger partial charge in [-0.2, -0.15) is 0 Å². The molecule has 61 heavy (non-hydrogen) atoms. The van der Waals surface area contributed by atoms with Crippen LogP contribution in [0.4, 0.5) is 17.1 Å². The van der Waals surface area contributed by atoms with E-state index in [1.54, 1.807) is 0 Å². The number of anilines is 3. The maximum atomic E-state index is 7.01. The summed E-state index contributed by atoms with van der Waals surface area (Å²) in [5.41, 5.74) is 15.2. The standard InChI is InChI=1S/C58H38N2O/c1-4-16-39(17-5-1)40-28-32-45(33-29-40)59(53-26-14-12-23-47(53)41-18-6-2-7-19-41)46-37-51(58-52(38-46)57-48-24-11-10-20-42(48)31-35-56(57)61-58)43-30-34-50-49-25-13-15-27-54(49)60(55(50)36-43)44-21-8-3-9-22-44/h1-38H. The van der Waals surface area contributed by atoms with Gasteiger partial charge in [-0.3, -0.25) is 0 Å². The molecule has 0 radical (unpaired) electrons. The molecular formula is C58H38N2O. The lowest BCUT2D eigenvalue weighted by Gasteiger charge is -2.28. The smallest absolute Gasteiger partial charge is 0.143 e. The van der Waals surface area contributed by atoms with Crippen molar-refractivity contribution in [3.8, 4) is 39.1 Å². The zero-order chi connectivity index (χ0) is 40.3. The van der Waals surface area contributed by atoms with Gasteiger partial charge in [-0.15, -0.1) is 0 Å². The third-order valence-electron chi connectivity index (χ3n) is 12.2. The van der Waals surface area contributed by atoms with Crippen molar-refractivity contribution in [2.75, 3.05) is 4.90 Å². The van der Waals surface area contributed by atoms with Gasteiger partial charge in [0.2, 0.25) is 0 Å². The van der Waals surface area contributed by atoms with Crippen LogP contribution in [0.1, 0.15) is 0 Å². The van der Waals surface area contributed by atoms with E-state index in [1.807, 2.05) is 0 Å². The number of para-hydroxylation sites is 3. The van der Waals surface area contributed by atoms with Crippen LogP contribution in [0.15, 0.2) is 235 Å². The number of rotatable bonds is 7. The summed E-state index contributed by atoms with van der Waals surface area (Å²) >= 11 is 0. The normalized spacial score (nSPS) is 11.6. The lowest BCUT2D eigenvalue weighted by atomic mass is 9.96. The number of hydrogen-bond acceptors (Lipinski definition) is 2. The van der Waals surface area contributed by atoms with Gasteiger partial charge in [-0.1, -0.05) is 170 Å². The molecule has 0 aliphatic rings. The third kappa shape index (κ3) is 5.82. The van der Waals surface area contributed by atoms with Gasteiger partial charge in [0, 0.05) is 49.7 Å². The van der Waals surface area contributed by atoms with Gasteiger partial charge in [0.05, 0.1) is 16.7 Å². The predicted octanol–water partition coefficient (Wildman–Crippen LogP) is 16.3. The summed E-state index contributed by atoms with van der Waals surface area (Å²) in [6, 6.07) is 82.9. The first-order valence-corrected chi connectivity index (χ1v) is 20.8. The quantitative estimate of drug-likeness (QED) is 0.161. The Hall–Kier alpha value is -8.14. The molecule has 286 valence electrons. The van der Waals surface area contributed by atoms with Crippen LogP contribution in [0.25, 0.3) is 93.6 Å². The van der Waals surface area contributed by atoms with Crippen molar-refractivity contribution >= 4 is 71.6 Å². The average molecular weight is 779 g/mol. The molecule has 2 heterocycles. The lowest BCUT2D eigenvalue weighted by Crippen LogP contribution is -2.11. The SMILES string of the molecule is c1ccc(-c2ccc(N(c3cc(-c4ccc5c6ccccc6n(-c6ccccc6)c5c4)c4oc5ccc6ccccc6c5c4c3)c3ccccc3-c3ccccc3)cc2)cc1. The van der Waals surface area contributed by atoms with Crippen molar-refractivity contribution in [2.45, 2.75) is 0 Å². The molecule has 12 rings (SSSR count). The Morgan fingerprint density at radius 2 is 0.984 bits per heavy atom. The highest BCUT2D eigenvalue weighted by atomic mass is 16.3. The zero-order valence-electron chi connectivity index (χ0n) is 33.2. The van der Waals surface area contributed by atoms with Gasteiger partial charge in [0.1, 0.15) is 11.2 Å². The number of nitrogens with zero attached hydrogens (tertiary/aromatic N) is 2. The number of furan rings is 1.